The summed E-state index contributed by atoms with van der Waals surface area (Å²) >= 11 is 0. The number of carbonyl (C=O) groups excluding carboxylic acids is 2. The van der Waals surface area contributed by atoms with E-state index in [-0.39, 0.29) is 18.9 Å². The van der Waals surface area contributed by atoms with Crippen LogP contribution in [0.2, 0.25) is 0 Å². The standard InChI is InChI=1S/C14H19NO5/c1-4-18-11-9-7-8-10(15-11)12(13(16)19-5-2)14(17)20-6-3/h7-9,12H,4-6H2,1-3H3. The molecule has 6 heteroatoms. The Morgan fingerprint density at radius 3 is 2.15 bits per heavy atom. The van der Waals surface area contributed by atoms with E-state index in [4.69, 9.17) is 14.2 Å². The molecule has 0 radical (unpaired) electrons. The normalized spacial score (nSPS) is 10.2. The van der Waals surface area contributed by atoms with E-state index < -0.39 is 17.9 Å². The van der Waals surface area contributed by atoms with Gasteiger partial charge in [-0.2, -0.15) is 0 Å². The SMILES string of the molecule is CCOC(=O)C(C(=O)OCC)c1cccc(OCC)n1. The molecule has 0 fully saturated rings. The molecular formula is C14H19NO5. The largest absolute Gasteiger partial charge is 0.478 e. The van der Waals surface area contributed by atoms with Crippen LogP contribution in [0.15, 0.2) is 18.2 Å². The average molecular weight is 281 g/mol. The lowest BCUT2D eigenvalue weighted by Crippen LogP contribution is -2.27. The highest BCUT2D eigenvalue weighted by molar-refractivity contribution is 6.00. The highest BCUT2D eigenvalue weighted by Gasteiger charge is 2.33. The Morgan fingerprint density at radius 2 is 1.65 bits per heavy atom. The number of pyridine rings is 1. The molecule has 20 heavy (non-hydrogen) atoms. The van der Waals surface area contributed by atoms with E-state index in [9.17, 15) is 9.59 Å². The summed E-state index contributed by atoms with van der Waals surface area (Å²) in [4.78, 5) is 28.0. The van der Waals surface area contributed by atoms with Crippen molar-refractivity contribution >= 4 is 11.9 Å². The van der Waals surface area contributed by atoms with E-state index in [1.165, 1.54) is 0 Å². The zero-order chi connectivity index (χ0) is 15.0. The molecule has 1 heterocycles. The molecule has 0 spiro atoms. The molecule has 1 rings (SSSR count). The van der Waals surface area contributed by atoms with Crippen molar-refractivity contribution in [2.75, 3.05) is 19.8 Å². The molecule has 1 aromatic heterocycles. The molecule has 6 nitrogen and oxygen atoms in total. The molecular weight excluding hydrogens is 262 g/mol. The van der Waals surface area contributed by atoms with Gasteiger partial charge in [0.15, 0.2) is 5.92 Å². The van der Waals surface area contributed by atoms with Crippen LogP contribution in [0.1, 0.15) is 32.4 Å². The monoisotopic (exact) mass is 281 g/mol. The molecule has 0 aliphatic carbocycles. The van der Waals surface area contributed by atoms with Crippen LogP contribution in [0, 0.1) is 0 Å². The van der Waals surface area contributed by atoms with Crippen molar-refractivity contribution < 1.29 is 23.8 Å². The number of hydrogen-bond donors (Lipinski definition) is 0. The van der Waals surface area contributed by atoms with Crippen molar-refractivity contribution in [3.63, 3.8) is 0 Å². The van der Waals surface area contributed by atoms with Crippen molar-refractivity contribution in [1.82, 2.24) is 4.98 Å². The number of ether oxygens (including phenoxy) is 3. The minimum atomic E-state index is -1.18. The van der Waals surface area contributed by atoms with E-state index in [1.54, 1.807) is 32.0 Å². The Hall–Kier alpha value is -2.11. The van der Waals surface area contributed by atoms with Crippen molar-refractivity contribution in [2.45, 2.75) is 26.7 Å². The van der Waals surface area contributed by atoms with E-state index in [2.05, 4.69) is 4.98 Å². The molecule has 0 aromatic carbocycles. The summed E-state index contributed by atoms with van der Waals surface area (Å²) in [5, 5.41) is 0. The number of rotatable bonds is 7. The Morgan fingerprint density at radius 1 is 1.05 bits per heavy atom. The van der Waals surface area contributed by atoms with Gasteiger partial charge in [0.2, 0.25) is 5.88 Å². The third kappa shape index (κ3) is 4.22. The molecule has 0 aliphatic rings. The van der Waals surface area contributed by atoms with Crippen molar-refractivity contribution in [3.05, 3.63) is 23.9 Å². The summed E-state index contributed by atoms with van der Waals surface area (Å²) in [6.07, 6.45) is 0. The molecule has 110 valence electrons. The number of nitrogens with zero attached hydrogens (tertiary/aromatic N) is 1. The van der Waals surface area contributed by atoms with Gasteiger partial charge >= 0.3 is 11.9 Å². The predicted molar refractivity (Wildman–Crippen MR) is 71.4 cm³/mol. The zero-order valence-corrected chi connectivity index (χ0v) is 11.9. The minimum Gasteiger partial charge on any atom is -0.478 e. The van der Waals surface area contributed by atoms with E-state index >= 15 is 0 Å². The summed E-state index contributed by atoms with van der Waals surface area (Å²) in [6.45, 7) is 5.97. The van der Waals surface area contributed by atoms with Crippen molar-refractivity contribution in [2.24, 2.45) is 0 Å². The topological polar surface area (TPSA) is 74.7 Å². The first-order valence-electron chi connectivity index (χ1n) is 6.57. The summed E-state index contributed by atoms with van der Waals surface area (Å²) in [7, 11) is 0. The van der Waals surface area contributed by atoms with Gasteiger partial charge in [-0.1, -0.05) is 6.07 Å². The van der Waals surface area contributed by atoms with Gasteiger partial charge in [-0.05, 0) is 26.8 Å². The number of hydrogen-bond acceptors (Lipinski definition) is 6. The highest BCUT2D eigenvalue weighted by atomic mass is 16.6. The Balaban J connectivity index is 3.05. The maximum Gasteiger partial charge on any atom is 0.326 e. The maximum atomic E-state index is 11.9. The minimum absolute atomic E-state index is 0.180. The predicted octanol–water partition coefficient (Wildman–Crippen LogP) is 1.69. The number of carbonyl (C=O) groups is 2. The second-order valence-corrected chi connectivity index (χ2v) is 3.77. The Labute approximate surface area is 118 Å². The van der Waals surface area contributed by atoms with E-state index in [0.29, 0.717) is 12.5 Å². The first-order valence-corrected chi connectivity index (χ1v) is 6.57. The second-order valence-electron chi connectivity index (χ2n) is 3.77. The van der Waals surface area contributed by atoms with Crippen LogP contribution in [0.3, 0.4) is 0 Å². The molecule has 0 saturated heterocycles. The van der Waals surface area contributed by atoms with Crippen LogP contribution in [-0.2, 0) is 19.1 Å². The Bertz CT molecular complexity index is 443. The van der Waals surface area contributed by atoms with Crippen LogP contribution in [0.5, 0.6) is 5.88 Å². The molecule has 0 amide bonds. The van der Waals surface area contributed by atoms with Gasteiger partial charge in [-0.15, -0.1) is 0 Å². The highest BCUT2D eigenvalue weighted by Crippen LogP contribution is 2.20. The van der Waals surface area contributed by atoms with Crippen LogP contribution in [0.25, 0.3) is 0 Å². The zero-order valence-electron chi connectivity index (χ0n) is 11.9. The average Bonchev–Trinajstić information content (AvgIpc) is 2.40. The third-order valence-corrected chi connectivity index (χ3v) is 2.38. The molecule has 1 aromatic rings. The lowest BCUT2D eigenvalue weighted by molar-refractivity contribution is -0.157. The van der Waals surface area contributed by atoms with Crippen LogP contribution >= 0.6 is 0 Å². The summed E-state index contributed by atoms with van der Waals surface area (Å²) in [6, 6.07) is 4.89. The number of esters is 2. The molecule has 0 aliphatic heterocycles. The van der Waals surface area contributed by atoms with Crippen LogP contribution in [-0.4, -0.2) is 36.7 Å². The summed E-state index contributed by atoms with van der Waals surface area (Å²) in [5.74, 6) is -2.18. The first-order chi connectivity index (χ1) is 9.63. The van der Waals surface area contributed by atoms with Crippen molar-refractivity contribution in [3.8, 4) is 5.88 Å². The maximum absolute atomic E-state index is 11.9. The van der Waals surface area contributed by atoms with Crippen LogP contribution in [0.4, 0.5) is 0 Å². The quantitative estimate of drug-likeness (QED) is 0.559. The molecule has 0 unspecified atom stereocenters. The van der Waals surface area contributed by atoms with E-state index in [0.717, 1.165) is 0 Å². The van der Waals surface area contributed by atoms with Gasteiger partial charge in [0, 0.05) is 6.07 Å². The lowest BCUT2D eigenvalue weighted by Gasteiger charge is -2.14. The fourth-order valence-corrected chi connectivity index (χ4v) is 1.61. The van der Waals surface area contributed by atoms with Crippen molar-refractivity contribution in [1.29, 1.82) is 0 Å². The first kappa shape index (κ1) is 15.9. The van der Waals surface area contributed by atoms with Crippen LogP contribution < -0.4 is 4.74 Å². The summed E-state index contributed by atoms with van der Waals surface area (Å²) in [5.41, 5.74) is 0.257. The molecule has 0 atom stereocenters. The second kappa shape index (κ2) is 8.14. The smallest absolute Gasteiger partial charge is 0.326 e. The van der Waals surface area contributed by atoms with Gasteiger partial charge < -0.3 is 14.2 Å². The fraction of sp³-hybridized carbons (Fsp3) is 0.500. The van der Waals surface area contributed by atoms with Gasteiger partial charge in [0.1, 0.15) is 0 Å². The lowest BCUT2D eigenvalue weighted by atomic mass is 10.1. The molecule has 0 bridgehead atoms. The van der Waals surface area contributed by atoms with Gasteiger partial charge in [0.25, 0.3) is 0 Å². The van der Waals surface area contributed by atoms with E-state index in [1.807, 2.05) is 6.92 Å². The van der Waals surface area contributed by atoms with Gasteiger partial charge in [-0.3, -0.25) is 9.59 Å². The molecule has 0 N–H and O–H groups in total. The molecule has 0 saturated carbocycles. The van der Waals surface area contributed by atoms with Gasteiger partial charge in [0.05, 0.1) is 25.5 Å². The van der Waals surface area contributed by atoms with Gasteiger partial charge in [-0.25, -0.2) is 4.98 Å². The Kier molecular flexibility index (Phi) is 6.49. The fourth-order valence-electron chi connectivity index (χ4n) is 1.61. The number of aromatic nitrogens is 1. The third-order valence-electron chi connectivity index (χ3n) is 2.38. The summed E-state index contributed by atoms with van der Waals surface area (Å²) < 4.78 is 15.1.